The zero-order valence-corrected chi connectivity index (χ0v) is 12.1. The second-order valence-corrected chi connectivity index (χ2v) is 5.60. The first kappa shape index (κ1) is 14.4. The summed E-state index contributed by atoms with van der Waals surface area (Å²) in [5.74, 6) is 2.02. The van der Waals surface area contributed by atoms with E-state index in [-0.39, 0.29) is 6.10 Å². The smallest absolute Gasteiger partial charge is 0.226 e. The van der Waals surface area contributed by atoms with E-state index >= 15 is 0 Å². The van der Waals surface area contributed by atoms with Crippen LogP contribution in [0.25, 0.3) is 0 Å². The Labute approximate surface area is 114 Å². The zero-order valence-electron chi connectivity index (χ0n) is 12.1. The molecule has 0 aromatic carbocycles. The van der Waals surface area contributed by atoms with Crippen LogP contribution in [0.3, 0.4) is 0 Å². The Morgan fingerprint density at radius 3 is 3.00 bits per heavy atom. The van der Waals surface area contributed by atoms with E-state index in [4.69, 9.17) is 9.26 Å². The number of nitrogens with zero attached hydrogens (tertiary/aromatic N) is 3. The third kappa shape index (κ3) is 4.89. The van der Waals surface area contributed by atoms with Crippen LogP contribution < -0.4 is 5.32 Å². The minimum atomic E-state index is 0.251. The number of rotatable bonds is 6. The van der Waals surface area contributed by atoms with Gasteiger partial charge in [0, 0.05) is 26.1 Å². The second kappa shape index (κ2) is 6.98. The number of hydrogen-bond donors (Lipinski definition) is 1. The standard InChI is InChI=1S/C13H24N4O2/c1-10(2)6-13-15-12(16-19-13)9-17(3)8-11-7-14-4-5-18-11/h10-11,14H,4-9H2,1-3H3. The normalized spacial score (nSPS) is 20.4. The summed E-state index contributed by atoms with van der Waals surface area (Å²) < 4.78 is 10.9. The van der Waals surface area contributed by atoms with Gasteiger partial charge in [-0.25, -0.2) is 0 Å². The maximum atomic E-state index is 5.68. The van der Waals surface area contributed by atoms with Crippen LogP contribution in [-0.2, 0) is 17.7 Å². The van der Waals surface area contributed by atoms with E-state index in [1.807, 2.05) is 0 Å². The average molecular weight is 268 g/mol. The van der Waals surface area contributed by atoms with Gasteiger partial charge < -0.3 is 14.6 Å². The van der Waals surface area contributed by atoms with E-state index in [0.717, 1.165) is 44.4 Å². The Hall–Kier alpha value is -0.980. The molecular formula is C13H24N4O2. The third-order valence-corrected chi connectivity index (χ3v) is 3.02. The molecule has 2 rings (SSSR count). The average Bonchev–Trinajstić information content (AvgIpc) is 2.76. The fraction of sp³-hybridized carbons (Fsp3) is 0.846. The molecule has 6 nitrogen and oxygen atoms in total. The Morgan fingerprint density at radius 1 is 1.47 bits per heavy atom. The first-order valence-electron chi connectivity index (χ1n) is 6.96. The van der Waals surface area contributed by atoms with Crippen LogP contribution in [0.15, 0.2) is 4.52 Å². The van der Waals surface area contributed by atoms with Crippen molar-refractivity contribution in [1.29, 1.82) is 0 Å². The Bertz CT molecular complexity index is 374. The van der Waals surface area contributed by atoms with Gasteiger partial charge in [0.1, 0.15) is 0 Å². The van der Waals surface area contributed by atoms with Gasteiger partial charge >= 0.3 is 0 Å². The lowest BCUT2D eigenvalue weighted by molar-refractivity contribution is 0.00840. The zero-order chi connectivity index (χ0) is 13.7. The van der Waals surface area contributed by atoms with Crippen molar-refractivity contribution < 1.29 is 9.26 Å². The highest BCUT2D eigenvalue weighted by Gasteiger charge is 2.17. The van der Waals surface area contributed by atoms with Crippen LogP contribution in [0.1, 0.15) is 25.6 Å². The van der Waals surface area contributed by atoms with Crippen LogP contribution in [0.2, 0.25) is 0 Å². The first-order chi connectivity index (χ1) is 9.13. The Balaban J connectivity index is 1.77. The van der Waals surface area contributed by atoms with Gasteiger partial charge in [0.2, 0.25) is 5.89 Å². The maximum absolute atomic E-state index is 5.68. The second-order valence-electron chi connectivity index (χ2n) is 5.60. The molecule has 0 bridgehead atoms. The summed E-state index contributed by atoms with van der Waals surface area (Å²) >= 11 is 0. The summed E-state index contributed by atoms with van der Waals surface area (Å²) in [5.41, 5.74) is 0. The highest BCUT2D eigenvalue weighted by molar-refractivity contribution is 4.87. The highest BCUT2D eigenvalue weighted by Crippen LogP contribution is 2.07. The molecule has 1 aliphatic rings. The molecular weight excluding hydrogens is 244 g/mol. The van der Waals surface area contributed by atoms with Crippen molar-refractivity contribution in [3.8, 4) is 0 Å². The highest BCUT2D eigenvalue weighted by atomic mass is 16.5. The van der Waals surface area contributed by atoms with Gasteiger partial charge in [0.25, 0.3) is 0 Å². The van der Waals surface area contributed by atoms with Gasteiger partial charge in [-0.05, 0) is 13.0 Å². The van der Waals surface area contributed by atoms with Crippen molar-refractivity contribution in [3.63, 3.8) is 0 Å². The molecule has 1 atom stereocenters. The fourth-order valence-corrected chi connectivity index (χ4v) is 2.18. The molecule has 0 aliphatic carbocycles. The molecule has 1 aromatic heterocycles. The lowest BCUT2D eigenvalue weighted by atomic mass is 10.1. The predicted molar refractivity (Wildman–Crippen MR) is 71.8 cm³/mol. The topological polar surface area (TPSA) is 63.4 Å². The lowest BCUT2D eigenvalue weighted by Crippen LogP contribution is -2.44. The molecule has 0 saturated carbocycles. The number of likely N-dealkylation sites (N-methyl/N-ethyl adjacent to an activating group) is 1. The molecule has 0 radical (unpaired) electrons. The summed E-state index contributed by atoms with van der Waals surface area (Å²) in [5, 5.41) is 7.35. The number of ether oxygens (including phenoxy) is 1. The monoisotopic (exact) mass is 268 g/mol. The summed E-state index contributed by atoms with van der Waals surface area (Å²) in [6.07, 6.45) is 1.09. The van der Waals surface area contributed by atoms with Crippen LogP contribution in [-0.4, -0.2) is 54.4 Å². The third-order valence-electron chi connectivity index (χ3n) is 3.02. The molecule has 2 heterocycles. The van der Waals surface area contributed by atoms with Crippen molar-refractivity contribution in [2.45, 2.75) is 32.9 Å². The van der Waals surface area contributed by atoms with Gasteiger partial charge in [-0.2, -0.15) is 4.98 Å². The molecule has 108 valence electrons. The van der Waals surface area contributed by atoms with E-state index in [1.165, 1.54) is 0 Å². The molecule has 0 spiro atoms. The number of aromatic nitrogens is 2. The van der Waals surface area contributed by atoms with Gasteiger partial charge in [0.15, 0.2) is 5.82 Å². The van der Waals surface area contributed by atoms with Crippen molar-refractivity contribution in [3.05, 3.63) is 11.7 Å². The van der Waals surface area contributed by atoms with Crippen LogP contribution in [0.4, 0.5) is 0 Å². The van der Waals surface area contributed by atoms with Crippen LogP contribution >= 0.6 is 0 Å². The summed E-state index contributed by atoms with van der Waals surface area (Å²) in [4.78, 5) is 6.58. The lowest BCUT2D eigenvalue weighted by Gasteiger charge is -2.27. The first-order valence-corrected chi connectivity index (χ1v) is 6.96. The summed E-state index contributed by atoms with van der Waals surface area (Å²) in [6, 6.07) is 0. The van der Waals surface area contributed by atoms with Gasteiger partial charge in [-0.15, -0.1) is 0 Å². The quantitative estimate of drug-likeness (QED) is 0.819. The molecule has 1 aromatic rings. The number of nitrogens with one attached hydrogen (secondary N) is 1. The summed E-state index contributed by atoms with van der Waals surface area (Å²) in [7, 11) is 2.05. The molecule has 19 heavy (non-hydrogen) atoms. The molecule has 1 fully saturated rings. The SMILES string of the molecule is CC(C)Cc1nc(CN(C)CC2CNCCO2)no1. The number of hydrogen-bond acceptors (Lipinski definition) is 6. The van der Waals surface area contributed by atoms with E-state index < -0.39 is 0 Å². The Kier molecular flexibility index (Phi) is 5.30. The summed E-state index contributed by atoms with van der Waals surface area (Å²) in [6.45, 7) is 8.51. The van der Waals surface area contributed by atoms with Gasteiger partial charge in [-0.1, -0.05) is 19.0 Å². The minimum Gasteiger partial charge on any atom is -0.374 e. The fourth-order valence-electron chi connectivity index (χ4n) is 2.18. The van der Waals surface area contributed by atoms with E-state index in [9.17, 15) is 0 Å². The van der Waals surface area contributed by atoms with Crippen LogP contribution in [0, 0.1) is 5.92 Å². The van der Waals surface area contributed by atoms with Gasteiger partial charge in [-0.3, -0.25) is 4.90 Å². The van der Waals surface area contributed by atoms with E-state index in [1.54, 1.807) is 0 Å². The van der Waals surface area contributed by atoms with Gasteiger partial charge in [0.05, 0.1) is 19.3 Å². The molecule has 1 saturated heterocycles. The largest absolute Gasteiger partial charge is 0.374 e. The molecule has 0 amide bonds. The number of morpholine rings is 1. The van der Waals surface area contributed by atoms with Crippen LogP contribution in [0.5, 0.6) is 0 Å². The van der Waals surface area contributed by atoms with E-state index in [0.29, 0.717) is 12.5 Å². The maximum Gasteiger partial charge on any atom is 0.226 e. The van der Waals surface area contributed by atoms with Crippen molar-refractivity contribution >= 4 is 0 Å². The molecule has 1 N–H and O–H groups in total. The van der Waals surface area contributed by atoms with E-state index in [2.05, 4.69) is 41.3 Å². The van der Waals surface area contributed by atoms with Crippen molar-refractivity contribution in [2.24, 2.45) is 5.92 Å². The minimum absolute atomic E-state index is 0.251. The Morgan fingerprint density at radius 2 is 2.32 bits per heavy atom. The van der Waals surface area contributed by atoms with Crippen molar-refractivity contribution in [1.82, 2.24) is 20.4 Å². The van der Waals surface area contributed by atoms with Crippen molar-refractivity contribution in [2.75, 3.05) is 33.3 Å². The molecule has 1 unspecified atom stereocenters. The molecule has 6 heteroatoms. The molecule has 1 aliphatic heterocycles. The predicted octanol–water partition coefficient (Wildman–Crippen LogP) is 0.688.